The lowest BCUT2D eigenvalue weighted by Crippen LogP contribution is -2.36. The molecule has 0 radical (unpaired) electrons. The summed E-state index contributed by atoms with van der Waals surface area (Å²) in [6, 6.07) is 7.15. The van der Waals surface area contributed by atoms with E-state index in [4.69, 9.17) is 9.57 Å². The summed E-state index contributed by atoms with van der Waals surface area (Å²) in [5, 5.41) is 3.92. The Kier molecular flexibility index (Phi) is 4.65. The first-order valence-corrected chi connectivity index (χ1v) is 8.38. The van der Waals surface area contributed by atoms with Crippen LogP contribution in [0, 0.1) is 5.92 Å². The molecule has 3 rings (SSSR count). The fourth-order valence-corrected chi connectivity index (χ4v) is 3.09. The van der Waals surface area contributed by atoms with Gasteiger partial charge in [-0.25, -0.2) is 0 Å². The minimum absolute atomic E-state index is 0.0423. The van der Waals surface area contributed by atoms with Crippen LogP contribution in [0.4, 0.5) is 0 Å². The first kappa shape index (κ1) is 17.3. The van der Waals surface area contributed by atoms with Gasteiger partial charge in [0, 0.05) is 26.2 Å². The predicted octanol–water partition coefficient (Wildman–Crippen LogP) is 1.39. The van der Waals surface area contributed by atoms with Crippen molar-refractivity contribution >= 4 is 17.5 Å². The van der Waals surface area contributed by atoms with E-state index >= 15 is 0 Å². The molecular weight excluding hydrogens is 322 g/mol. The maximum absolute atomic E-state index is 12.8. The highest BCUT2D eigenvalue weighted by molar-refractivity contribution is 6.40. The van der Waals surface area contributed by atoms with Crippen molar-refractivity contribution < 1.29 is 19.2 Å². The number of amides is 2. The molecule has 0 saturated carbocycles. The van der Waals surface area contributed by atoms with Crippen LogP contribution in [0.15, 0.2) is 29.4 Å². The molecule has 2 heterocycles. The second kappa shape index (κ2) is 6.74. The number of fused-ring (bicyclic) bond motifs is 1. The van der Waals surface area contributed by atoms with Gasteiger partial charge in [0.2, 0.25) is 0 Å². The molecule has 0 aliphatic carbocycles. The van der Waals surface area contributed by atoms with Gasteiger partial charge in [-0.3, -0.25) is 9.59 Å². The number of ether oxygens (including phenoxy) is 1. The minimum atomic E-state index is -0.252. The van der Waals surface area contributed by atoms with Gasteiger partial charge in [0.25, 0.3) is 11.8 Å². The lowest BCUT2D eigenvalue weighted by atomic mass is 10.00. The van der Waals surface area contributed by atoms with E-state index in [1.807, 2.05) is 19.9 Å². The van der Waals surface area contributed by atoms with Gasteiger partial charge in [0.05, 0.1) is 18.6 Å². The highest BCUT2D eigenvalue weighted by Crippen LogP contribution is 2.29. The fraction of sp³-hybridized carbons (Fsp3) is 0.500. The van der Waals surface area contributed by atoms with Crippen molar-refractivity contribution in [1.29, 1.82) is 0 Å². The third kappa shape index (κ3) is 3.45. The molecular formula is C18H23N3O4. The van der Waals surface area contributed by atoms with Crippen molar-refractivity contribution in [3.05, 3.63) is 29.8 Å². The maximum Gasteiger partial charge on any atom is 0.271 e. The summed E-state index contributed by atoms with van der Waals surface area (Å²) in [6.07, 6.45) is -0.210. The molecule has 0 spiro atoms. The van der Waals surface area contributed by atoms with Gasteiger partial charge in [0.15, 0.2) is 11.8 Å². The molecule has 7 nitrogen and oxygen atoms in total. The molecule has 134 valence electrons. The van der Waals surface area contributed by atoms with E-state index in [9.17, 15) is 9.59 Å². The Balaban J connectivity index is 1.71. The largest absolute Gasteiger partial charge is 0.491 e. The molecule has 1 saturated heterocycles. The van der Waals surface area contributed by atoms with Crippen LogP contribution < -0.4 is 4.74 Å². The molecule has 2 amide bonds. The quantitative estimate of drug-likeness (QED) is 0.827. The summed E-state index contributed by atoms with van der Waals surface area (Å²) >= 11 is 0. The number of likely N-dealkylation sites (tertiary alicyclic amines) is 1. The molecule has 2 atom stereocenters. The Morgan fingerprint density at radius 2 is 2.08 bits per heavy atom. The summed E-state index contributed by atoms with van der Waals surface area (Å²) in [7, 11) is 3.35. The fourth-order valence-electron chi connectivity index (χ4n) is 3.09. The molecule has 0 N–H and O–H groups in total. The standard InChI is InChI=1S/C18H23N3O4/c1-11(2)24-13-7-5-6-12(8-13)17(22)21-9-14-15(10-21)25-19-16(14)18(23)20(3)4/h5-8,11,14-15H,9-10H2,1-4H3/t14-,15+/m0/s1. The molecule has 1 aromatic rings. The summed E-state index contributed by atoms with van der Waals surface area (Å²) in [6.45, 7) is 4.73. The van der Waals surface area contributed by atoms with Crippen LogP contribution in [-0.2, 0) is 9.63 Å². The van der Waals surface area contributed by atoms with Crippen molar-refractivity contribution in [3.8, 4) is 5.75 Å². The van der Waals surface area contributed by atoms with Gasteiger partial charge in [0.1, 0.15) is 5.75 Å². The van der Waals surface area contributed by atoms with E-state index in [1.165, 1.54) is 4.90 Å². The molecule has 0 bridgehead atoms. The summed E-state index contributed by atoms with van der Waals surface area (Å²) in [5.74, 6) is 0.230. The van der Waals surface area contributed by atoms with Gasteiger partial charge < -0.3 is 19.4 Å². The average Bonchev–Trinajstić information content (AvgIpc) is 3.13. The summed E-state index contributed by atoms with van der Waals surface area (Å²) in [4.78, 5) is 33.5. The van der Waals surface area contributed by atoms with Crippen LogP contribution >= 0.6 is 0 Å². The SMILES string of the molecule is CC(C)Oc1cccc(C(=O)N2C[C@@H]3C(C(=O)N(C)C)=NO[C@@H]3C2)c1. The van der Waals surface area contributed by atoms with Gasteiger partial charge in [-0.05, 0) is 32.0 Å². The Labute approximate surface area is 147 Å². The second-order valence-corrected chi connectivity index (χ2v) is 6.83. The second-order valence-electron chi connectivity index (χ2n) is 6.83. The summed E-state index contributed by atoms with van der Waals surface area (Å²) < 4.78 is 5.65. The van der Waals surface area contributed by atoms with Crippen molar-refractivity contribution in [2.24, 2.45) is 11.1 Å². The van der Waals surface area contributed by atoms with E-state index in [0.29, 0.717) is 30.1 Å². The molecule has 0 aromatic heterocycles. The Morgan fingerprint density at radius 1 is 1.32 bits per heavy atom. The van der Waals surface area contributed by atoms with E-state index in [1.54, 1.807) is 37.2 Å². The molecule has 0 unspecified atom stereocenters. The van der Waals surface area contributed by atoms with Gasteiger partial charge in [-0.15, -0.1) is 0 Å². The molecule has 1 aromatic carbocycles. The first-order valence-electron chi connectivity index (χ1n) is 8.38. The normalized spacial score (nSPS) is 21.6. The smallest absolute Gasteiger partial charge is 0.271 e. The minimum Gasteiger partial charge on any atom is -0.491 e. The highest BCUT2D eigenvalue weighted by atomic mass is 16.6. The zero-order chi connectivity index (χ0) is 18.1. The van der Waals surface area contributed by atoms with Gasteiger partial charge >= 0.3 is 0 Å². The van der Waals surface area contributed by atoms with Crippen molar-refractivity contribution in [3.63, 3.8) is 0 Å². The van der Waals surface area contributed by atoms with Crippen LogP contribution in [-0.4, -0.2) is 66.7 Å². The number of benzene rings is 1. The first-order chi connectivity index (χ1) is 11.9. The van der Waals surface area contributed by atoms with E-state index in [0.717, 1.165) is 0 Å². The van der Waals surface area contributed by atoms with Crippen molar-refractivity contribution in [2.45, 2.75) is 26.1 Å². The van der Waals surface area contributed by atoms with Gasteiger partial charge in [-0.1, -0.05) is 11.2 Å². The molecule has 7 heteroatoms. The third-order valence-corrected chi connectivity index (χ3v) is 4.27. The zero-order valence-electron chi connectivity index (χ0n) is 14.9. The molecule has 1 fully saturated rings. The summed E-state index contributed by atoms with van der Waals surface area (Å²) in [5.41, 5.74) is 0.956. The number of oxime groups is 1. The topological polar surface area (TPSA) is 71.4 Å². The Bertz CT molecular complexity index is 714. The lowest BCUT2D eigenvalue weighted by molar-refractivity contribution is -0.122. The Morgan fingerprint density at radius 3 is 2.76 bits per heavy atom. The van der Waals surface area contributed by atoms with Crippen molar-refractivity contribution in [1.82, 2.24) is 9.80 Å². The number of carbonyl (C=O) groups excluding carboxylic acids is 2. The maximum atomic E-state index is 12.8. The third-order valence-electron chi connectivity index (χ3n) is 4.27. The molecule has 2 aliphatic heterocycles. The van der Waals surface area contributed by atoms with Gasteiger partial charge in [-0.2, -0.15) is 0 Å². The number of nitrogens with zero attached hydrogens (tertiary/aromatic N) is 3. The number of rotatable bonds is 4. The van der Waals surface area contributed by atoms with E-state index in [2.05, 4.69) is 5.16 Å². The molecule has 25 heavy (non-hydrogen) atoms. The average molecular weight is 345 g/mol. The van der Waals surface area contributed by atoms with E-state index in [-0.39, 0.29) is 29.9 Å². The van der Waals surface area contributed by atoms with Crippen LogP contribution in [0.2, 0.25) is 0 Å². The predicted molar refractivity (Wildman–Crippen MR) is 92.6 cm³/mol. The zero-order valence-corrected chi connectivity index (χ0v) is 14.9. The van der Waals surface area contributed by atoms with Crippen LogP contribution in [0.1, 0.15) is 24.2 Å². The highest BCUT2D eigenvalue weighted by Gasteiger charge is 2.46. The number of hydrogen-bond acceptors (Lipinski definition) is 5. The molecule has 2 aliphatic rings. The van der Waals surface area contributed by atoms with Crippen LogP contribution in [0.3, 0.4) is 0 Å². The number of hydrogen-bond donors (Lipinski definition) is 0. The van der Waals surface area contributed by atoms with Crippen LogP contribution in [0.25, 0.3) is 0 Å². The lowest BCUT2D eigenvalue weighted by Gasteiger charge is -2.18. The van der Waals surface area contributed by atoms with Crippen molar-refractivity contribution in [2.75, 3.05) is 27.2 Å². The monoisotopic (exact) mass is 345 g/mol. The van der Waals surface area contributed by atoms with Crippen LogP contribution in [0.5, 0.6) is 5.75 Å². The number of carbonyl (C=O) groups is 2. The Hall–Kier alpha value is -2.57. The van der Waals surface area contributed by atoms with E-state index < -0.39 is 0 Å².